The second kappa shape index (κ2) is 14.0. The Balaban J connectivity index is 2.81. The lowest BCUT2D eigenvalue weighted by molar-refractivity contribution is 0.571. The Hall–Kier alpha value is 0. The fraction of sp³-hybridized carbons (Fsp3) is 0.867. The number of hydrogen-bond donors (Lipinski definition) is 0. The highest BCUT2D eigenvalue weighted by molar-refractivity contribution is 4.64. The van der Waals surface area contributed by atoms with Gasteiger partial charge in [-0.05, 0) is 6.42 Å². The van der Waals surface area contributed by atoms with E-state index in [4.69, 9.17) is 0 Å². The average Bonchev–Trinajstić information content (AvgIpc) is 2.26. The van der Waals surface area contributed by atoms with E-state index in [0.29, 0.717) is 0 Å². The van der Waals surface area contributed by atoms with Gasteiger partial charge in [-0.3, -0.25) is 0 Å². The Bertz CT molecular complexity index is 84.2. The molecule has 90 valence electrons. The highest BCUT2D eigenvalue weighted by Crippen LogP contribution is 2.11. The molecule has 0 heteroatoms. The minimum atomic E-state index is 1.09. The standard InChI is InChI=1S/C15H30/c1-3-5-7-9-11-13-15-14-12-10-8-6-4-2/h9H,1,3-8,10-15H2,2H3. The van der Waals surface area contributed by atoms with Gasteiger partial charge < -0.3 is 0 Å². The van der Waals surface area contributed by atoms with Gasteiger partial charge in [-0.1, -0.05) is 90.9 Å². The van der Waals surface area contributed by atoms with Crippen molar-refractivity contribution in [1.29, 1.82) is 0 Å². The van der Waals surface area contributed by atoms with Crippen LogP contribution in [0.25, 0.3) is 0 Å². The van der Waals surface area contributed by atoms with Crippen molar-refractivity contribution < 1.29 is 0 Å². The van der Waals surface area contributed by atoms with Crippen molar-refractivity contribution >= 4 is 0 Å². The zero-order valence-electron chi connectivity index (χ0n) is 10.8. The third-order valence-corrected chi connectivity index (χ3v) is 2.92. The number of rotatable bonds is 12. The average molecular weight is 210 g/mol. The van der Waals surface area contributed by atoms with Crippen LogP contribution in [-0.2, 0) is 0 Å². The molecule has 0 fully saturated rings. The van der Waals surface area contributed by atoms with Gasteiger partial charge in [-0.25, -0.2) is 0 Å². The summed E-state index contributed by atoms with van der Waals surface area (Å²) in [6, 6.07) is 0. The van der Waals surface area contributed by atoms with E-state index in [1.54, 1.807) is 0 Å². The Morgan fingerprint density at radius 1 is 0.733 bits per heavy atom. The molecule has 0 amide bonds. The van der Waals surface area contributed by atoms with E-state index in [9.17, 15) is 0 Å². The van der Waals surface area contributed by atoms with Gasteiger partial charge in [0.15, 0.2) is 0 Å². The highest BCUT2D eigenvalue weighted by atomic mass is 14.0. The summed E-state index contributed by atoms with van der Waals surface area (Å²) in [5.41, 5.74) is 0. The van der Waals surface area contributed by atoms with Crippen LogP contribution in [0.4, 0.5) is 0 Å². The van der Waals surface area contributed by atoms with Crippen molar-refractivity contribution in [3.63, 3.8) is 0 Å². The van der Waals surface area contributed by atoms with Crippen molar-refractivity contribution in [2.75, 3.05) is 0 Å². The predicted octanol–water partition coefficient (Wildman–Crippen LogP) is 5.73. The molecule has 15 heavy (non-hydrogen) atoms. The minimum Gasteiger partial charge on any atom is -0.0654 e. The molecule has 0 heterocycles. The van der Waals surface area contributed by atoms with E-state index in [-0.39, 0.29) is 0 Å². The van der Waals surface area contributed by atoms with E-state index in [1.807, 2.05) is 0 Å². The summed E-state index contributed by atoms with van der Waals surface area (Å²) in [4.78, 5) is 0. The number of hydrogen-bond acceptors (Lipinski definition) is 0. The van der Waals surface area contributed by atoms with Crippen molar-refractivity contribution in [3.05, 3.63) is 13.3 Å². The molecule has 0 aliphatic carbocycles. The Morgan fingerprint density at radius 2 is 1.27 bits per heavy atom. The van der Waals surface area contributed by atoms with E-state index in [0.717, 1.165) is 6.42 Å². The Kier molecular flexibility index (Phi) is 14.0. The quantitative estimate of drug-likeness (QED) is 0.361. The van der Waals surface area contributed by atoms with Crippen molar-refractivity contribution in [2.24, 2.45) is 0 Å². The zero-order chi connectivity index (χ0) is 11.2. The van der Waals surface area contributed by atoms with Crippen LogP contribution in [-0.4, -0.2) is 0 Å². The third-order valence-electron chi connectivity index (χ3n) is 2.92. The normalized spacial score (nSPS) is 10.8. The van der Waals surface area contributed by atoms with Gasteiger partial charge in [0.1, 0.15) is 0 Å². The molecule has 0 rings (SSSR count). The molecule has 0 aromatic rings. The summed E-state index contributed by atoms with van der Waals surface area (Å²) < 4.78 is 0. The third kappa shape index (κ3) is 14.0. The molecule has 2 radical (unpaired) electrons. The number of unbranched alkanes of at least 4 members (excludes halogenated alkanes) is 12. The van der Waals surface area contributed by atoms with Crippen LogP contribution in [0, 0.1) is 13.3 Å². The van der Waals surface area contributed by atoms with Crippen LogP contribution < -0.4 is 0 Å². The topological polar surface area (TPSA) is 0 Å². The summed E-state index contributed by atoms with van der Waals surface area (Å²) >= 11 is 0. The zero-order valence-corrected chi connectivity index (χ0v) is 10.8. The second-order valence-corrected chi connectivity index (χ2v) is 4.55. The van der Waals surface area contributed by atoms with E-state index < -0.39 is 0 Å². The van der Waals surface area contributed by atoms with Gasteiger partial charge >= 0.3 is 0 Å². The molecule has 0 saturated heterocycles. The fourth-order valence-corrected chi connectivity index (χ4v) is 1.86. The largest absolute Gasteiger partial charge is 0.0654 e. The molecule has 0 N–H and O–H groups in total. The summed E-state index contributed by atoms with van der Waals surface area (Å²) in [6.07, 6.45) is 18.9. The van der Waals surface area contributed by atoms with Crippen LogP contribution >= 0.6 is 0 Å². The van der Waals surface area contributed by atoms with Crippen LogP contribution in [0.1, 0.15) is 84.0 Å². The van der Waals surface area contributed by atoms with E-state index >= 15 is 0 Å². The minimum absolute atomic E-state index is 1.09. The van der Waals surface area contributed by atoms with Crippen LogP contribution in [0.5, 0.6) is 0 Å². The first kappa shape index (κ1) is 15.0. The molecular formula is C15H30. The summed E-state index contributed by atoms with van der Waals surface area (Å²) in [5.74, 6) is 0. The molecule has 0 aliphatic heterocycles. The summed E-state index contributed by atoms with van der Waals surface area (Å²) in [6.45, 7) is 6.13. The summed E-state index contributed by atoms with van der Waals surface area (Å²) in [7, 11) is 0. The lowest BCUT2D eigenvalue weighted by atomic mass is 10.1. The monoisotopic (exact) mass is 210 g/mol. The lowest BCUT2D eigenvalue weighted by Crippen LogP contribution is -1.82. The highest BCUT2D eigenvalue weighted by Gasteiger charge is 1.92. The summed E-state index contributed by atoms with van der Waals surface area (Å²) in [5, 5.41) is 0. The molecule has 0 spiro atoms. The molecule has 0 unspecified atom stereocenters. The van der Waals surface area contributed by atoms with E-state index in [2.05, 4.69) is 20.3 Å². The maximum atomic E-state index is 3.85. The predicted molar refractivity (Wildman–Crippen MR) is 70.7 cm³/mol. The van der Waals surface area contributed by atoms with Crippen molar-refractivity contribution in [1.82, 2.24) is 0 Å². The van der Waals surface area contributed by atoms with Gasteiger partial charge in [-0.15, -0.1) is 0 Å². The second-order valence-electron chi connectivity index (χ2n) is 4.55. The molecule has 0 aromatic carbocycles. The molecule has 0 saturated carbocycles. The molecule has 0 nitrogen and oxygen atoms in total. The van der Waals surface area contributed by atoms with Crippen molar-refractivity contribution in [2.45, 2.75) is 84.0 Å². The SMILES string of the molecule is [CH2]CCC[CH]CCCCCCCCCC. The first-order valence-corrected chi connectivity index (χ1v) is 7.02. The molecule has 0 aromatic heterocycles. The van der Waals surface area contributed by atoms with Crippen LogP contribution in [0.2, 0.25) is 0 Å². The maximum absolute atomic E-state index is 3.85. The van der Waals surface area contributed by atoms with E-state index in [1.165, 1.54) is 70.6 Å². The lowest BCUT2D eigenvalue weighted by Gasteiger charge is -2.01. The first-order chi connectivity index (χ1) is 7.41. The van der Waals surface area contributed by atoms with Gasteiger partial charge in [0.05, 0.1) is 0 Å². The maximum Gasteiger partial charge on any atom is -0.0386 e. The fourth-order valence-electron chi connectivity index (χ4n) is 1.86. The Labute approximate surface area is 97.8 Å². The van der Waals surface area contributed by atoms with Gasteiger partial charge in [0.25, 0.3) is 0 Å². The van der Waals surface area contributed by atoms with Crippen LogP contribution in [0.3, 0.4) is 0 Å². The smallest absolute Gasteiger partial charge is 0.0386 e. The molecular weight excluding hydrogens is 180 g/mol. The van der Waals surface area contributed by atoms with Gasteiger partial charge in [-0.2, -0.15) is 0 Å². The van der Waals surface area contributed by atoms with Gasteiger partial charge in [0.2, 0.25) is 0 Å². The molecule has 0 atom stereocenters. The first-order valence-electron chi connectivity index (χ1n) is 7.02. The molecule has 0 bridgehead atoms. The molecule has 0 aliphatic rings. The van der Waals surface area contributed by atoms with Crippen LogP contribution in [0.15, 0.2) is 0 Å². The Morgan fingerprint density at radius 3 is 1.87 bits per heavy atom. The van der Waals surface area contributed by atoms with Gasteiger partial charge in [0, 0.05) is 0 Å². The van der Waals surface area contributed by atoms with Crippen molar-refractivity contribution in [3.8, 4) is 0 Å².